The third kappa shape index (κ3) is 8.23. The van der Waals surface area contributed by atoms with Gasteiger partial charge in [-0.25, -0.2) is 0 Å². The molecule has 0 spiro atoms. The van der Waals surface area contributed by atoms with Crippen LogP contribution in [0.1, 0.15) is 39.5 Å². The Morgan fingerprint density at radius 3 is 1.69 bits per heavy atom. The van der Waals surface area contributed by atoms with E-state index in [1.54, 1.807) is 13.8 Å². The molecule has 0 aliphatic heterocycles. The summed E-state index contributed by atoms with van der Waals surface area (Å²) in [5.74, 6) is -0.643. The van der Waals surface area contributed by atoms with Crippen LogP contribution in [0.4, 0.5) is 0 Å². The molecule has 0 radical (unpaired) electrons. The zero-order valence-electron chi connectivity index (χ0n) is 9.90. The normalized spacial score (nSPS) is 10.2. The number of carbonyl (C=O) groups is 2. The van der Waals surface area contributed by atoms with Crippen molar-refractivity contribution in [3.05, 3.63) is 0 Å². The highest BCUT2D eigenvalue weighted by atomic mass is 16.5. The van der Waals surface area contributed by atoms with E-state index in [0.29, 0.717) is 26.1 Å². The van der Waals surface area contributed by atoms with E-state index in [0.717, 1.165) is 0 Å². The fourth-order valence-corrected chi connectivity index (χ4v) is 1.18. The molecule has 0 aliphatic carbocycles. The smallest absolute Gasteiger partial charge is 0.305 e. The largest absolute Gasteiger partial charge is 0.466 e. The fourth-order valence-electron chi connectivity index (χ4n) is 1.18. The molecule has 1 N–H and O–H groups in total. The van der Waals surface area contributed by atoms with Gasteiger partial charge in [0.05, 0.1) is 19.3 Å². The third-order valence-corrected chi connectivity index (χ3v) is 1.97. The summed E-state index contributed by atoms with van der Waals surface area (Å²) in [4.78, 5) is 21.9. The van der Waals surface area contributed by atoms with Gasteiger partial charge in [0.1, 0.15) is 0 Å². The molecular weight excluding hydrogens is 212 g/mol. The van der Waals surface area contributed by atoms with Crippen LogP contribution in [-0.2, 0) is 19.1 Å². The summed E-state index contributed by atoms with van der Waals surface area (Å²) in [5, 5.41) is 9.47. The van der Waals surface area contributed by atoms with Crippen molar-refractivity contribution in [3.8, 4) is 0 Å². The molecule has 5 nitrogen and oxygen atoms in total. The molecule has 16 heavy (non-hydrogen) atoms. The van der Waals surface area contributed by atoms with Gasteiger partial charge in [-0.05, 0) is 26.7 Å². The molecule has 0 rings (SSSR count). The van der Waals surface area contributed by atoms with E-state index in [-0.39, 0.29) is 24.8 Å². The lowest BCUT2D eigenvalue weighted by molar-refractivity contribution is -0.143. The Kier molecular flexibility index (Phi) is 8.52. The van der Waals surface area contributed by atoms with Crippen LogP contribution in [0.5, 0.6) is 0 Å². The predicted molar refractivity (Wildman–Crippen MR) is 57.7 cm³/mol. The van der Waals surface area contributed by atoms with Crippen molar-refractivity contribution in [2.45, 2.75) is 45.6 Å². The Hall–Kier alpha value is -1.10. The molecule has 0 aliphatic rings. The summed E-state index contributed by atoms with van der Waals surface area (Å²) < 4.78 is 9.43. The topological polar surface area (TPSA) is 72.8 Å². The first kappa shape index (κ1) is 14.9. The second kappa shape index (κ2) is 9.15. The van der Waals surface area contributed by atoms with Crippen LogP contribution in [0.2, 0.25) is 0 Å². The molecule has 0 bridgehead atoms. The van der Waals surface area contributed by atoms with Gasteiger partial charge in [0.15, 0.2) is 0 Å². The van der Waals surface area contributed by atoms with Crippen molar-refractivity contribution in [2.75, 3.05) is 13.2 Å². The molecule has 0 atom stereocenters. The number of hydrogen-bond donors (Lipinski definition) is 1. The Morgan fingerprint density at radius 2 is 1.38 bits per heavy atom. The van der Waals surface area contributed by atoms with E-state index in [9.17, 15) is 14.7 Å². The van der Waals surface area contributed by atoms with Gasteiger partial charge in [-0.2, -0.15) is 0 Å². The molecule has 0 aromatic heterocycles. The Labute approximate surface area is 95.7 Å². The fraction of sp³-hybridized carbons (Fsp3) is 0.818. The number of aliphatic hydroxyl groups excluding tert-OH is 1. The minimum Gasteiger partial charge on any atom is -0.466 e. The molecule has 5 heteroatoms. The van der Waals surface area contributed by atoms with Crippen LogP contribution in [0, 0.1) is 0 Å². The number of ether oxygens (including phenoxy) is 2. The van der Waals surface area contributed by atoms with Crippen LogP contribution < -0.4 is 0 Å². The Bertz CT molecular complexity index is 192. The number of aliphatic hydroxyl groups is 1. The molecule has 0 aromatic carbocycles. The van der Waals surface area contributed by atoms with Gasteiger partial charge in [-0.3, -0.25) is 9.59 Å². The highest BCUT2D eigenvalue weighted by Crippen LogP contribution is 2.06. The maximum Gasteiger partial charge on any atom is 0.305 e. The molecule has 0 fully saturated rings. The quantitative estimate of drug-likeness (QED) is 0.633. The van der Waals surface area contributed by atoms with E-state index in [2.05, 4.69) is 0 Å². The van der Waals surface area contributed by atoms with Crippen LogP contribution in [0.25, 0.3) is 0 Å². The maximum absolute atomic E-state index is 11.0. The van der Waals surface area contributed by atoms with Gasteiger partial charge in [0, 0.05) is 12.8 Å². The van der Waals surface area contributed by atoms with Gasteiger partial charge in [0.2, 0.25) is 0 Å². The van der Waals surface area contributed by atoms with Crippen molar-refractivity contribution in [1.29, 1.82) is 0 Å². The standard InChI is InChI=1S/C11H20O5/c1-3-15-10(13)7-5-9(12)6-8-11(14)16-4-2/h9,12H,3-8H2,1-2H3. The summed E-state index contributed by atoms with van der Waals surface area (Å²) in [6, 6.07) is 0. The summed E-state index contributed by atoms with van der Waals surface area (Å²) in [6.45, 7) is 4.15. The maximum atomic E-state index is 11.0. The average Bonchev–Trinajstić information content (AvgIpc) is 2.24. The van der Waals surface area contributed by atoms with Crippen LogP contribution >= 0.6 is 0 Å². The lowest BCUT2D eigenvalue weighted by Gasteiger charge is -2.09. The van der Waals surface area contributed by atoms with Gasteiger partial charge in [-0.1, -0.05) is 0 Å². The minimum atomic E-state index is -0.659. The molecule has 0 saturated carbocycles. The second-order valence-corrected chi connectivity index (χ2v) is 3.34. The monoisotopic (exact) mass is 232 g/mol. The van der Waals surface area contributed by atoms with Crippen LogP contribution in [0.15, 0.2) is 0 Å². The number of carbonyl (C=O) groups excluding carboxylic acids is 2. The van der Waals surface area contributed by atoms with Gasteiger partial charge >= 0.3 is 11.9 Å². The summed E-state index contributed by atoms with van der Waals surface area (Å²) in [7, 11) is 0. The van der Waals surface area contributed by atoms with E-state index >= 15 is 0 Å². The average molecular weight is 232 g/mol. The highest BCUT2D eigenvalue weighted by molar-refractivity contribution is 5.70. The first-order chi connectivity index (χ1) is 7.60. The summed E-state index contributed by atoms with van der Waals surface area (Å²) in [5.41, 5.74) is 0. The van der Waals surface area contributed by atoms with Crippen molar-refractivity contribution in [1.82, 2.24) is 0 Å². The lowest BCUT2D eigenvalue weighted by Crippen LogP contribution is -2.14. The zero-order valence-corrected chi connectivity index (χ0v) is 9.90. The molecule has 0 amide bonds. The number of rotatable bonds is 8. The molecule has 0 unspecified atom stereocenters. The molecular formula is C11H20O5. The van der Waals surface area contributed by atoms with Gasteiger partial charge in [0.25, 0.3) is 0 Å². The van der Waals surface area contributed by atoms with Crippen LogP contribution in [0.3, 0.4) is 0 Å². The van der Waals surface area contributed by atoms with Crippen molar-refractivity contribution >= 4 is 11.9 Å². The zero-order chi connectivity index (χ0) is 12.4. The van der Waals surface area contributed by atoms with Crippen molar-refractivity contribution < 1.29 is 24.2 Å². The minimum absolute atomic E-state index is 0.178. The number of esters is 2. The predicted octanol–water partition coefficient (Wildman–Crippen LogP) is 1.03. The Morgan fingerprint density at radius 1 is 1.00 bits per heavy atom. The van der Waals surface area contributed by atoms with Crippen molar-refractivity contribution in [2.24, 2.45) is 0 Å². The SMILES string of the molecule is CCOC(=O)CCC(O)CCC(=O)OCC. The van der Waals surface area contributed by atoms with Gasteiger partial charge < -0.3 is 14.6 Å². The van der Waals surface area contributed by atoms with Crippen molar-refractivity contribution in [3.63, 3.8) is 0 Å². The van der Waals surface area contributed by atoms with E-state index in [1.165, 1.54) is 0 Å². The molecule has 0 heterocycles. The van der Waals surface area contributed by atoms with Gasteiger partial charge in [-0.15, -0.1) is 0 Å². The summed E-state index contributed by atoms with van der Waals surface area (Å²) >= 11 is 0. The third-order valence-electron chi connectivity index (χ3n) is 1.97. The lowest BCUT2D eigenvalue weighted by atomic mass is 10.1. The highest BCUT2D eigenvalue weighted by Gasteiger charge is 2.11. The summed E-state index contributed by atoms with van der Waals surface area (Å²) in [6.07, 6.45) is 0.334. The van der Waals surface area contributed by atoms with Crippen LogP contribution in [-0.4, -0.2) is 36.4 Å². The molecule has 94 valence electrons. The van der Waals surface area contributed by atoms with E-state index in [4.69, 9.17) is 9.47 Å². The Balaban J connectivity index is 3.54. The van der Waals surface area contributed by atoms with E-state index in [1.807, 2.05) is 0 Å². The number of hydrogen-bond acceptors (Lipinski definition) is 5. The second-order valence-electron chi connectivity index (χ2n) is 3.34. The first-order valence-electron chi connectivity index (χ1n) is 5.59. The first-order valence-corrected chi connectivity index (χ1v) is 5.59. The van der Waals surface area contributed by atoms with E-state index < -0.39 is 6.10 Å². The molecule has 0 saturated heterocycles. The molecule has 0 aromatic rings.